The molecule has 0 bridgehead atoms. The van der Waals surface area contributed by atoms with Crippen LogP contribution in [0.5, 0.6) is 0 Å². The second-order valence-electron chi connectivity index (χ2n) is 4.56. The molecule has 0 unspecified atom stereocenters. The number of aryl methyl sites for hydroxylation is 1. The highest BCUT2D eigenvalue weighted by molar-refractivity contribution is 5.75. The first-order valence-corrected chi connectivity index (χ1v) is 6.22. The summed E-state index contributed by atoms with van der Waals surface area (Å²) in [5, 5.41) is 11.1. The predicted octanol–water partition coefficient (Wildman–Crippen LogP) is 1.44. The third kappa shape index (κ3) is 2.16. The van der Waals surface area contributed by atoms with E-state index in [2.05, 4.69) is 15.0 Å². The van der Waals surface area contributed by atoms with E-state index >= 15 is 0 Å². The zero-order valence-corrected chi connectivity index (χ0v) is 11.2. The number of rotatable bonds is 3. The quantitative estimate of drug-likeness (QED) is 0.575. The van der Waals surface area contributed by atoms with Gasteiger partial charge in [-0.05, 0) is 12.1 Å². The summed E-state index contributed by atoms with van der Waals surface area (Å²) < 4.78 is 1.89. The monoisotopic (exact) mass is 284 g/mol. The zero-order valence-electron chi connectivity index (χ0n) is 11.2. The Morgan fingerprint density at radius 3 is 2.81 bits per heavy atom. The molecule has 0 amide bonds. The maximum atomic E-state index is 11.1. The second-order valence-corrected chi connectivity index (χ2v) is 4.56. The smallest absolute Gasteiger partial charge is 0.332 e. The summed E-state index contributed by atoms with van der Waals surface area (Å²) in [5.41, 5.74) is 7.35. The number of benzene rings is 1. The predicted molar refractivity (Wildman–Crippen MR) is 76.6 cm³/mol. The van der Waals surface area contributed by atoms with E-state index in [1.165, 1.54) is 6.33 Å². The van der Waals surface area contributed by atoms with E-state index in [-0.39, 0.29) is 23.6 Å². The Balaban J connectivity index is 2.09. The summed E-state index contributed by atoms with van der Waals surface area (Å²) >= 11 is 0. The van der Waals surface area contributed by atoms with Crippen molar-refractivity contribution >= 4 is 22.5 Å². The molecule has 2 N–H and O–H groups in total. The molecule has 0 radical (unpaired) electrons. The average Bonchev–Trinajstić information content (AvgIpc) is 2.76. The summed E-state index contributed by atoms with van der Waals surface area (Å²) in [4.78, 5) is 22.7. The van der Waals surface area contributed by atoms with Gasteiger partial charge < -0.3 is 10.3 Å². The number of fused-ring (bicyclic) bond motifs is 1. The maximum absolute atomic E-state index is 11.1. The van der Waals surface area contributed by atoms with Crippen molar-refractivity contribution in [2.75, 3.05) is 5.73 Å². The average molecular weight is 284 g/mol. The van der Waals surface area contributed by atoms with Crippen molar-refractivity contribution < 1.29 is 4.92 Å². The van der Waals surface area contributed by atoms with E-state index in [4.69, 9.17) is 5.73 Å². The number of hydrogen-bond donors (Lipinski definition) is 1. The molecule has 2 heterocycles. The van der Waals surface area contributed by atoms with Crippen molar-refractivity contribution in [2.45, 2.75) is 6.42 Å². The molecular formula is C13H12N6O2. The van der Waals surface area contributed by atoms with E-state index in [0.717, 1.165) is 11.0 Å². The lowest BCUT2D eigenvalue weighted by Gasteiger charge is -2.04. The molecule has 0 aliphatic heterocycles. The molecule has 0 saturated heterocycles. The van der Waals surface area contributed by atoms with Crippen LogP contribution < -0.4 is 5.73 Å². The number of anilines is 1. The molecule has 0 fully saturated rings. The van der Waals surface area contributed by atoms with Crippen LogP contribution in [-0.4, -0.2) is 24.4 Å². The molecule has 8 nitrogen and oxygen atoms in total. The minimum Gasteiger partial charge on any atom is -0.378 e. The van der Waals surface area contributed by atoms with Crippen LogP contribution in [0.2, 0.25) is 0 Å². The molecule has 0 spiro atoms. The normalized spacial score (nSPS) is 10.9. The Morgan fingerprint density at radius 2 is 2.10 bits per heavy atom. The zero-order chi connectivity index (χ0) is 15.0. The second kappa shape index (κ2) is 4.82. The topological polar surface area (TPSA) is 113 Å². The molecule has 21 heavy (non-hydrogen) atoms. The number of nitrogens with two attached hydrogens (primary N) is 1. The van der Waals surface area contributed by atoms with Gasteiger partial charge in [0.15, 0.2) is 0 Å². The van der Waals surface area contributed by atoms with Crippen LogP contribution in [-0.2, 0) is 13.5 Å². The highest BCUT2D eigenvalue weighted by Gasteiger charge is 2.22. The van der Waals surface area contributed by atoms with Gasteiger partial charge in [-0.2, -0.15) is 0 Å². The number of aromatic nitrogens is 4. The Kier molecular flexibility index (Phi) is 2.98. The van der Waals surface area contributed by atoms with Gasteiger partial charge in [-0.3, -0.25) is 10.1 Å². The van der Waals surface area contributed by atoms with E-state index in [1.807, 2.05) is 35.9 Å². The number of para-hydroxylation sites is 2. The minimum atomic E-state index is -0.562. The van der Waals surface area contributed by atoms with Gasteiger partial charge >= 0.3 is 5.69 Å². The lowest BCUT2D eigenvalue weighted by molar-refractivity contribution is -0.385. The Hall–Kier alpha value is -3.03. The van der Waals surface area contributed by atoms with Crippen LogP contribution in [0.25, 0.3) is 11.0 Å². The fraction of sp³-hybridized carbons (Fsp3) is 0.154. The van der Waals surface area contributed by atoms with Crippen LogP contribution in [0.15, 0.2) is 30.6 Å². The Morgan fingerprint density at radius 1 is 1.33 bits per heavy atom. The van der Waals surface area contributed by atoms with E-state index in [0.29, 0.717) is 5.82 Å². The van der Waals surface area contributed by atoms with E-state index in [1.54, 1.807) is 0 Å². The summed E-state index contributed by atoms with van der Waals surface area (Å²) in [5.74, 6) is 0.543. The first-order chi connectivity index (χ1) is 10.1. The van der Waals surface area contributed by atoms with Crippen LogP contribution in [0.4, 0.5) is 11.5 Å². The van der Waals surface area contributed by atoms with Crippen LogP contribution >= 0.6 is 0 Å². The summed E-state index contributed by atoms with van der Waals surface area (Å²) in [6.45, 7) is 0. The lowest BCUT2D eigenvalue weighted by Crippen LogP contribution is -2.07. The SMILES string of the molecule is Cn1c(Cc2ncnc(N)c2[N+](=O)[O-])nc2ccccc21. The molecule has 0 aliphatic rings. The standard InChI is InChI=1S/C13H12N6O2/c1-18-10-5-3-2-4-8(10)17-11(18)6-9-12(19(20)21)13(14)16-7-15-9/h2-5,7H,6H2,1H3,(H2,14,15,16). The molecule has 3 aromatic rings. The lowest BCUT2D eigenvalue weighted by atomic mass is 10.2. The van der Waals surface area contributed by atoms with Crippen molar-refractivity contribution in [3.8, 4) is 0 Å². The Labute approximate surface area is 119 Å². The van der Waals surface area contributed by atoms with Gasteiger partial charge in [-0.25, -0.2) is 15.0 Å². The molecule has 0 atom stereocenters. The van der Waals surface area contributed by atoms with Crippen LogP contribution in [0, 0.1) is 10.1 Å². The van der Waals surface area contributed by atoms with Crippen molar-refractivity contribution in [3.63, 3.8) is 0 Å². The van der Waals surface area contributed by atoms with E-state index < -0.39 is 4.92 Å². The summed E-state index contributed by atoms with van der Waals surface area (Å²) in [6, 6.07) is 7.64. The molecule has 106 valence electrons. The van der Waals surface area contributed by atoms with Crippen LogP contribution in [0.3, 0.4) is 0 Å². The third-order valence-electron chi connectivity index (χ3n) is 3.31. The first-order valence-electron chi connectivity index (χ1n) is 6.22. The fourth-order valence-corrected chi connectivity index (χ4v) is 2.26. The van der Waals surface area contributed by atoms with Gasteiger partial charge in [0.2, 0.25) is 5.82 Å². The number of nitrogen functional groups attached to an aromatic ring is 1. The molecular weight excluding hydrogens is 272 g/mol. The van der Waals surface area contributed by atoms with E-state index in [9.17, 15) is 10.1 Å². The molecule has 8 heteroatoms. The highest BCUT2D eigenvalue weighted by Crippen LogP contribution is 2.25. The van der Waals surface area contributed by atoms with Crippen molar-refractivity contribution in [1.29, 1.82) is 0 Å². The number of nitro groups is 1. The molecule has 2 aromatic heterocycles. The number of imidazole rings is 1. The molecule has 1 aromatic carbocycles. The molecule has 0 aliphatic carbocycles. The first kappa shape index (κ1) is 13.0. The fourth-order valence-electron chi connectivity index (χ4n) is 2.26. The summed E-state index contributed by atoms with van der Waals surface area (Å²) in [7, 11) is 1.86. The number of nitrogens with zero attached hydrogens (tertiary/aromatic N) is 5. The largest absolute Gasteiger partial charge is 0.378 e. The van der Waals surface area contributed by atoms with Crippen LogP contribution in [0.1, 0.15) is 11.5 Å². The van der Waals surface area contributed by atoms with Gasteiger partial charge in [0.05, 0.1) is 22.4 Å². The van der Waals surface area contributed by atoms with Crippen molar-refractivity contribution in [2.24, 2.45) is 7.05 Å². The van der Waals surface area contributed by atoms with Gasteiger partial charge in [-0.1, -0.05) is 12.1 Å². The minimum absolute atomic E-state index is 0.135. The maximum Gasteiger partial charge on any atom is 0.332 e. The molecule has 3 rings (SSSR count). The highest BCUT2D eigenvalue weighted by atomic mass is 16.6. The van der Waals surface area contributed by atoms with Gasteiger partial charge in [0.1, 0.15) is 17.8 Å². The van der Waals surface area contributed by atoms with Gasteiger partial charge in [0.25, 0.3) is 0 Å². The van der Waals surface area contributed by atoms with Gasteiger partial charge in [-0.15, -0.1) is 0 Å². The molecule has 0 saturated carbocycles. The van der Waals surface area contributed by atoms with Crippen molar-refractivity contribution in [1.82, 2.24) is 19.5 Å². The van der Waals surface area contributed by atoms with Crippen molar-refractivity contribution in [3.05, 3.63) is 52.2 Å². The number of hydrogen-bond acceptors (Lipinski definition) is 6. The third-order valence-corrected chi connectivity index (χ3v) is 3.31. The Bertz CT molecular complexity index is 842. The van der Waals surface area contributed by atoms with Gasteiger partial charge in [0, 0.05) is 7.05 Å². The summed E-state index contributed by atoms with van der Waals surface area (Å²) in [6.07, 6.45) is 1.44.